The number of fused-ring (bicyclic) bond motifs is 1. The van der Waals surface area contributed by atoms with E-state index in [1.54, 1.807) is 0 Å². The third kappa shape index (κ3) is 1.75. The van der Waals surface area contributed by atoms with Gasteiger partial charge in [0, 0.05) is 19.5 Å². The number of rotatable bonds is 3. The lowest BCUT2D eigenvalue weighted by molar-refractivity contribution is 0.684. The van der Waals surface area contributed by atoms with E-state index in [1.807, 2.05) is 0 Å². The van der Waals surface area contributed by atoms with E-state index in [1.165, 1.54) is 11.1 Å². The summed E-state index contributed by atoms with van der Waals surface area (Å²) in [5.41, 5.74) is 9.17. The van der Waals surface area contributed by atoms with Crippen LogP contribution in [0.3, 0.4) is 0 Å². The van der Waals surface area contributed by atoms with Crippen LogP contribution >= 0.6 is 0 Å². The Morgan fingerprint density at radius 1 is 1.40 bits per heavy atom. The number of nitrogens with zero attached hydrogens (tertiary/aromatic N) is 2. The second-order valence-corrected chi connectivity index (χ2v) is 3.81. The number of aromatic nitrogens is 2. The van der Waals surface area contributed by atoms with Gasteiger partial charge >= 0.3 is 0 Å². The molecule has 0 saturated carbocycles. The molecule has 15 heavy (non-hydrogen) atoms. The molecule has 0 aliphatic carbocycles. The van der Waals surface area contributed by atoms with Crippen LogP contribution < -0.4 is 5.73 Å². The van der Waals surface area contributed by atoms with Gasteiger partial charge in [-0.25, -0.2) is 4.98 Å². The summed E-state index contributed by atoms with van der Waals surface area (Å²) in [5.74, 6) is 1.13. The molecule has 0 unspecified atom stereocenters. The summed E-state index contributed by atoms with van der Waals surface area (Å²) < 4.78 is 2.22. The van der Waals surface area contributed by atoms with Crippen molar-refractivity contribution in [1.29, 1.82) is 0 Å². The normalized spacial score (nSPS) is 11.1. The second kappa shape index (κ2) is 4.03. The molecule has 0 spiro atoms. The van der Waals surface area contributed by atoms with Gasteiger partial charge in [0.1, 0.15) is 5.82 Å². The number of hydrogen-bond donors (Lipinski definition) is 1. The Kier molecular flexibility index (Phi) is 2.73. The summed E-state index contributed by atoms with van der Waals surface area (Å²) in [6.07, 6.45) is 0.952. The van der Waals surface area contributed by atoms with E-state index in [4.69, 9.17) is 5.73 Å². The van der Waals surface area contributed by atoms with Crippen molar-refractivity contribution in [2.45, 2.75) is 26.8 Å². The maximum atomic E-state index is 5.62. The lowest BCUT2D eigenvalue weighted by atomic mass is 10.2. The molecule has 1 aromatic heterocycles. The number of imidazole rings is 1. The highest BCUT2D eigenvalue weighted by molar-refractivity contribution is 5.76. The van der Waals surface area contributed by atoms with E-state index >= 15 is 0 Å². The summed E-state index contributed by atoms with van der Waals surface area (Å²) in [4.78, 5) is 4.60. The van der Waals surface area contributed by atoms with Gasteiger partial charge < -0.3 is 10.3 Å². The third-order valence-corrected chi connectivity index (χ3v) is 2.65. The van der Waals surface area contributed by atoms with E-state index in [0.29, 0.717) is 6.54 Å². The molecule has 0 aliphatic heterocycles. The molecule has 1 heterocycles. The predicted octanol–water partition coefficient (Wildman–Crippen LogP) is 1.87. The largest absolute Gasteiger partial charge is 0.329 e. The molecule has 2 N–H and O–H groups in total. The molecule has 0 bridgehead atoms. The van der Waals surface area contributed by atoms with E-state index in [-0.39, 0.29) is 0 Å². The van der Waals surface area contributed by atoms with Crippen molar-refractivity contribution in [2.75, 3.05) is 6.54 Å². The Bertz CT molecular complexity index is 471. The Morgan fingerprint density at radius 2 is 2.20 bits per heavy atom. The fourth-order valence-corrected chi connectivity index (χ4v) is 1.93. The first-order chi connectivity index (χ1) is 7.26. The first-order valence-electron chi connectivity index (χ1n) is 5.42. The molecule has 80 valence electrons. The van der Waals surface area contributed by atoms with Crippen LogP contribution in [0, 0.1) is 6.92 Å². The molecular formula is C12H17N3. The van der Waals surface area contributed by atoms with E-state index < -0.39 is 0 Å². The molecule has 0 atom stereocenters. The average molecular weight is 203 g/mol. The highest BCUT2D eigenvalue weighted by atomic mass is 15.1. The minimum absolute atomic E-state index is 0.659. The Labute approximate surface area is 89.9 Å². The van der Waals surface area contributed by atoms with Crippen LogP contribution in [0.2, 0.25) is 0 Å². The van der Waals surface area contributed by atoms with Crippen molar-refractivity contribution < 1.29 is 0 Å². The molecular weight excluding hydrogens is 186 g/mol. The maximum absolute atomic E-state index is 5.62. The van der Waals surface area contributed by atoms with Crippen LogP contribution in [0.5, 0.6) is 0 Å². The summed E-state index contributed by atoms with van der Waals surface area (Å²) in [6, 6.07) is 6.36. The number of hydrogen-bond acceptors (Lipinski definition) is 2. The van der Waals surface area contributed by atoms with Crippen molar-refractivity contribution >= 4 is 11.0 Å². The van der Waals surface area contributed by atoms with E-state index in [2.05, 4.69) is 41.6 Å². The van der Waals surface area contributed by atoms with Gasteiger partial charge in [-0.3, -0.25) is 0 Å². The summed E-state index contributed by atoms with van der Waals surface area (Å²) in [5, 5.41) is 0. The first kappa shape index (κ1) is 10.2. The van der Waals surface area contributed by atoms with E-state index in [9.17, 15) is 0 Å². The summed E-state index contributed by atoms with van der Waals surface area (Å²) in [6.45, 7) is 5.74. The van der Waals surface area contributed by atoms with Crippen molar-refractivity contribution in [3.8, 4) is 0 Å². The van der Waals surface area contributed by atoms with Crippen LogP contribution in [0.15, 0.2) is 18.2 Å². The standard InChI is InChI=1S/C12H17N3/c1-3-12-14-10-5-4-9(2)8-11(10)15(12)7-6-13/h4-5,8H,3,6-7,13H2,1-2H3. The highest BCUT2D eigenvalue weighted by Crippen LogP contribution is 2.17. The van der Waals surface area contributed by atoms with Gasteiger partial charge in [-0.05, 0) is 24.6 Å². The highest BCUT2D eigenvalue weighted by Gasteiger charge is 2.07. The van der Waals surface area contributed by atoms with Gasteiger partial charge in [-0.15, -0.1) is 0 Å². The minimum atomic E-state index is 0.659. The number of benzene rings is 1. The van der Waals surface area contributed by atoms with Crippen LogP contribution in [-0.2, 0) is 13.0 Å². The third-order valence-electron chi connectivity index (χ3n) is 2.65. The zero-order chi connectivity index (χ0) is 10.8. The van der Waals surface area contributed by atoms with Crippen molar-refractivity contribution in [3.05, 3.63) is 29.6 Å². The van der Waals surface area contributed by atoms with E-state index in [0.717, 1.165) is 24.3 Å². The van der Waals surface area contributed by atoms with Gasteiger partial charge in [0.05, 0.1) is 11.0 Å². The predicted molar refractivity (Wildman–Crippen MR) is 62.9 cm³/mol. The van der Waals surface area contributed by atoms with Crippen LogP contribution in [0.1, 0.15) is 18.3 Å². The van der Waals surface area contributed by atoms with Gasteiger partial charge in [-0.1, -0.05) is 13.0 Å². The zero-order valence-corrected chi connectivity index (χ0v) is 9.33. The molecule has 2 aromatic rings. The van der Waals surface area contributed by atoms with Gasteiger partial charge in [0.15, 0.2) is 0 Å². The monoisotopic (exact) mass is 203 g/mol. The molecule has 1 aromatic carbocycles. The Balaban J connectivity index is 2.65. The summed E-state index contributed by atoms with van der Waals surface area (Å²) >= 11 is 0. The maximum Gasteiger partial charge on any atom is 0.109 e. The minimum Gasteiger partial charge on any atom is -0.329 e. The van der Waals surface area contributed by atoms with Gasteiger partial charge in [0.2, 0.25) is 0 Å². The SMILES string of the molecule is CCc1nc2ccc(C)cc2n1CCN. The number of aryl methyl sites for hydroxylation is 2. The van der Waals surface area contributed by atoms with Gasteiger partial charge in [-0.2, -0.15) is 0 Å². The smallest absolute Gasteiger partial charge is 0.109 e. The zero-order valence-electron chi connectivity index (χ0n) is 9.33. The molecule has 0 radical (unpaired) electrons. The van der Waals surface area contributed by atoms with Gasteiger partial charge in [0.25, 0.3) is 0 Å². The molecule has 3 heteroatoms. The Morgan fingerprint density at radius 3 is 2.87 bits per heavy atom. The topological polar surface area (TPSA) is 43.8 Å². The van der Waals surface area contributed by atoms with Crippen LogP contribution in [0.4, 0.5) is 0 Å². The molecule has 0 amide bonds. The molecule has 0 aliphatic rings. The number of nitrogens with two attached hydrogens (primary N) is 1. The fourth-order valence-electron chi connectivity index (χ4n) is 1.93. The fraction of sp³-hybridized carbons (Fsp3) is 0.417. The quantitative estimate of drug-likeness (QED) is 0.827. The second-order valence-electron chi connectivity index (χ2n) is 3.81. The lowest BCUT2D eigenvalue weighted by Crippen LogP contribution is -2.12. The lowest BCUT2D eigenvalue weighted by Gasteiger charge is -2.05. The summed E-state index contributed by atoms with van der Waals surface area (Å²) in [7, 11) is 0. The molecule has 0 fully saturated rings. The van der Waals surface area contributed by atoms with Crippen LogP contribution in [-0.4, -0.2) is 16.1 Å². The van der Waals surface area contributed by atoms with Crippen molar-refractivity contribution in [1.82, 2.24) is 9.55 Å². The Hall–Kier alpha value is -1.35. The first-order valence-corrected chi connectivity index (χ1v) is 5.42. The van der Waals surface area contributed by atoms with Crippen molar-refractivity contribution in [2.24, 2.45) is 5.73 Å². The average Bonchev–Trinajstić information content (AvgIpc) is 2.57. The molecule has 3 nitrogen and oxygen atoms in total. The molecule has 0 saturated heterocycles. The van der Waals surface area contributed by atoms with Crippen LogP contribution in [0.25, 0.3) is 11.0 Å². The van der Waals surface area contributed by atoms with Crippen molar-refractivity contribution in [3.63, 3.8) is 0 Å². The molecule has 2 rings (SSSR count).